The molecule has 0 aliphatic rings. The smallest absolute Gasteiger partial charge is 0.258 e. The maximum atomic E-state index is 12.2. The number of alkyl halides is 3. The monoisotopic (exact) mass is 231 g/mol. The molecule has 0 aromatic carbocycles. The number of hydrogen-bond acceptors (Lipinski definition) is 4. The number of halogens is 3. The minimum absolute atomic E-state index is 0.484. The van der Waals surface area contributed by atoms with Gasteiger partial charge < -0.3 is 0 Å². The van der Waals surface area contributed by atoms with E-state index in [9.17, 15) is 23.3 Å². The normalized spacial score (nSPS) is 10.9. The van der Waals surface area contributed by atoms with Gasteiger partial charge in [-0.25, -0.2) is 4.98 Å². The van der Waals surface area contributed by atoms with Gasteiger partial charge in [-0.15, -0.1) is 0 Å². The SMILES string of the molecule is N#CCc1nc(C(F)(F)F)ccc1[N+](=O)[O-]. The van der Waals surface area contributed by atoms with Crippen LogP contribution in [0.4, 0.5) is 18.9 Å². The average molecular weight is 231 g/mol. The number of rotatable bonds is 2. The van der Waals surface area contributed by atoms with Crippen molar-refractivity contribution in [1.82, 2.24) is 4.98 Å². The molecule has 0 aliphatic heterocycles. The fraction of sp³-hybridized carbons (Fsp3) is 0.250. The number of nitro groups is 1. The largest absolute Gasteiger partial charge is 0.433 e. The Bertz CT molecular complexity index is 465. The minimum atomic E-state index is -4.68. The lowest BCUT2D eigenvalue weighted by molar-refractivity contribution is -0.385. The van der Waals surface area contributed by atoms with E-state index in [1.807, 2.05) is 0 Å². The molecule has 0 aliphatic carbocycles. The lowest BCUT2D eigenvalue weighted by atomic mass is 10.2. The molecule has 1 heterocycles. The summed E-state index contributed by atoms with van der Waals surface area (Å²) in [5.41, 5.74) is -2.32. The molecule has 0 spiro atoms. The molecule has 0 fully saturated rings. The van der Waals surface area contributed by atoms with Crippen molar-refractivity contribution in [3.05, 3.63) is 33.6 Å². The van der Waals surface area contributed by atoms with Crippen LogP contribution in [0.15, 0.2) is 12.1 Å². The summed E-state index contributed by atoms with van der Waals surface area (Å²) >= 11 is 0. The van der Waals surface area contributed by atoms with Gasteiger partial charge in [0, 0.05) is 6.07 Å². The van der Waals surface area contributed by atoms with Crippen LogP contribution in [0.5, 0.6) is 0 Å². The lowest BCUT2D eigenvalue weighted by Crippen LogP contribution is -2.10. The fourth-order valence-electron chi connectivity index (χ4n) is 1.02. The Morgan fingerprint density at radius 2 is 2.12 bits per heavy atom. The molecule has 0 atom stereocenters. The summed E-state index contributed by atoms with van der Waals surface area (Å²) < 4.78 is 36.7. The zero-order valence-electron chi connectivity index (χ0n) is 7.65. The highest BCUT2D eigenvalue weighted by molar-refractivity contribution is 5.38. The van der Waals surface area contributed by atoms with Crippen LogP contribution in [-0.4, -0.2) is 9.91 Å². The maximum absolute atomic E-state index is 12.2. The Hall–Kier alpha value is -2.17. The molecule has 1 aromatic rings. The van der Waals surface area contributed by atoms with Crippen LogP contribution in [0.3, 0.4) is 0 Å². The van der Waals surface area contributed by atoms with Gasteiger partial charge in [0.2, 0.25) is 0 Å². The molecule has 8 heteroatoms. The van der Waals surface area contributed by atoms with Gasteiger partial charge in [0.25, 0.3) is 5.69 Å². The van der Waals surface area contributed by atoms with Crippen molar-refractivity contribution in [2.24, 2.45) is 0 Å². The lowest BCUT2D eigenvalue weighted by Gasteiger charge is -2.06. The van der Waals surface area contributed by atoms with Crippen LogP contribution in [0.25, 0.3) is 0 Å². The van der Waals surface area contributed by atoms with Crippen LogP contribution >= 0.6 is 0 Å². The third-order valence-electron chi connectivity index (χ3n) is 1.68. The Labute approximate surface area is 87.3 Å². The topological polar surface area (TPSA) is 79.8 Å². The molecule has 0 unspecified atom stereocenters. The van der Waals surface area contributed by atoms with Gasteiger partial charge in [0.05, 0.1) is 17.4 Å². The summed E-state index contributed by atoms with van der Waals surface area (Å²) in [6.45, 7) is 0. The Morgan fingerprint density at radius 3 is 2.56 bits per heavy atom. The highest BCUT2D eigenvalue weighted by Gasteiger charge is 2.34. The zero-order chi connectivity index (χ0) is 12.3. The van der Waals surface area contributed by atoms with Crippen molar-refractivity contribution < 1.29 is 18.1 Å². The standard InChI is InChI=1S/C8H4F3N3O2/c9-8(10,11)7-2-1-6(14(15)16)5(13-7)3-4-12/h1-2H,3H2. The Morgan fingerprint density at radius 1 is 1.50 bits per heavy atom. The molecule has 1 rings (SSSR count). The van der Waals surface area contributed by atoms with E-state index in [4.69, 9.17) is 5.26 Å². The van der Waals surface area contributed by atoms with Crippen LogP contribution < -0.4 is 0 Å². The highest BCUT2D eigenvalue weighted by Crippen LogP contribution is 2.29. The highest BCUT2D eigenvalue weighted by atomic mass is 19.4. The molecular weight excluding hydrogens is 227 g/mol. The van der Waals surface area contributed by atoms with E-state index in [0.29, 0.717) is 12.1 Å². The first-order chi connectivity index (χ1) is 7.36. The molecule has 84 valence electrons. The van der Waals surface area contributed by atoms with Gasteiger partial charge in [-0.2, -0.15) is 18.4 Å². The van der Waals surface area contributed by atoms with Gasteiger partial charge in [-0.05, 0) is 6.07 Å². The van der Waals surface area contributed by atoms with Gasteiger partial charge in [0.15, 0.2) is 0 Å². The third kappa shape index (κ3) is 2.44. The van der Waals surface area contributed by atoms with Gasteiger partial charge in [0.1, 0.15) is 11.4 Å². The second kappa shape index (κ2) is 4.14. The maximum Gasteiger partial charge on any atom is 0.433 e. The predicted octanol–water partition coefficient (Wildman–Crippen LogP) is 2.07. The van der Waals surface area contributed by atoms with Crippen LogP contribution in [0, 0.1) is 21.4 Å². The third-order valence-corrected chi connectivity index (χ3v) is 1.68. The first-order valence-corrected chi connectivity index (χ1v) is 3.94. The molecule has 0 saturated heterocycles. The number of nitrogens with zero attached hydrogens (tertiary/aromatic N) is 3. The Balaban J connectivity index is 3.29. The van der Waals surface area contributed by atoms with Crippen molar-refractivity contribution in [1.29, 1.82) is 5.26 Å². The van der Waals surface area contributed by atoms with Gasteiger partial charge >= 0.3 is 6.18 Å². The molecule has 0 bridgehead atoms. The van der Waals surface area contributed by atoms with E-state index in [1.54, 1.807) is 0 Å². The molecule has 0 radical (unpaired) electrons. The molecule has 16 heavy (non-hydrogen) atoms. The van der Waals surface area contributed by atoms with Crippen molar-refractivity contribution >= 4 is 5.69 Å². The first kappa shape index (κ1) is 11.9. The van der Waals surface area contributed by atoms with Crippen LogP contribution in [0.1, 0.15) is 11.4 Å². The number of nitriles is 1. The number of hydrogen-bond donors (Lipinski definition) is 0. The van der Waals surface area contributed by atoms with E-state index in [2.05, 4.69) is 4.98 Å². The van der Waals surface area contributed by atoms with E-state index in [-0.39, 0.29) is 0 Å². The second-order valence-corrected chi connectivity index (χ2v) is 2.75. The van der Waals surface area contributed by atoms with Crippen molar-refractivity contribution in [3.63, 3.8) is 0 Å². The summed E-state index contributed by atoms with van der Waals surface area (Å²) in [6.07, 6.45) is -5.22. The van der Waals surface area contributed by atoms with E-state index in [0.717, 1.165) is 0 Å². The van der Waals surface area contributed by atoms with Crippen LogP contribution in [-0.2, 0) is 12.6 Å². The minimum Gasteiger partial charge on any atom is -0.258 e. The van der Waals surface area contributed by atoms with Crippen LogP contribution in [0.2, 0.25) is 0 Å². The summed E-state index contributed by atoms with van der Waals surface area (Å²) in [7, 11) is 0. The predicted molar refractivity (Wildman–Crippen MR) is 45.2 cm³/mol. The second-order valence-electron chi connectivity index (χ2n) is 2.75. The van der Waals surface area contributed by atoms with Crippen molar-refractivity contribution in [3.8, 4) is 6.07 Å². The summed E-state index contributed by atoms with van der Waals surface area (Å²) in [6, 6.07) is 2.73. The summed E-state index contributed by atoms with van der Waals surface area (Å²) in [4.78, 5) is 12.6. The van der Waals surface area contributed by atoms with Crippen molar-refractivity contribution in [2.75, 3.05) is 0 Å². The molecule has 1 aromatic heterocycles. The number of aromatic nitrogens is 1. The number of pyridine rings is 1. The Kier molecular flexibility index (Phi) is 3.08. The zero-order valence-corrected chi connectivity index (χ0v) is 7.65. The van der Waals surface area contributed by atoms with Gasteiger partial charge in [-0.3, -0.25) is 10.1 Å². The summed E-state index contributed by atoms with van der Waals surface area (Å²) in [5.74, 6) is 0. The summed E-state index contributed by atoms with van der Waals surface area (Å²) in [5, 5.41) is 18.8. The van der Waals surface area contributed by atoms with Gasteiger partial charge in [-0.1, -0.05) is 0 Å². The quantitative estimate of drug-likeness (QED) is 0.576. The molecular formula is C8H4F3N3O2. The molecule has 0 saturated carbocycles. The molecule has 0 amide bonds. The molecule has 0 N–H and O–H groups in total. The first-order valence-electron chi connectivity index (χ1n) is 3.94. The average Bonchev–Trinajstić information content (AvgIpc) is 2.16. The molecule has 5 nitrogen and oxygen atoms in total. The van der Waals surface area contributed by atoms with Crippen molar-refractivity contribution in [2.45, 2.75) is 12.6 Å². The van der Waals surface area contributed by atoms with E-state index in [1.165, 1.54) is 6.07 Å². The van der Waals surface area contributed by atoms with E-state index < -0.39 is 34.6 Å². The fourth-order valence-corrected chi connectivity index (χ4v) is 1.02. The van der Waals surface area contributed by atoms with E-state index >= 15 is 0 Å².